The van der Waals surface area contributed by atoms with E-state index in [0.29, 0.717) is 0 Å². The minimum absolute atomic E-state index is 0.128. The molecule has 0 aliphatic heterocycles. The van der Waals surface area contributed by atoms with Crippen molar-refractivity contribution in [1.29, 1.82) is 0 Å². The van der Waals surface area contributed by atoms with Gasteiger partial charge in [-0.15, -0.1) is 0 Å². The van der Waals surface area contributed by atoms with Gasteiger partial charge in [-0.1, -0.05) is 0 Å². The summed E-state index contributed by atoms with van der Waals surface area (Å²) in [6.07, 6.45) is -0.361. The van der Waals surface area contributed by atoms with Crippen molar-refractivity contribution in [3.63, 3.8) is 0 Å². The van der Waals surface area contributed by atoms with Crippen LogP contribution in [0.4, 0.5) is 32.4 Å². The molecule has 2 N–H and O–H groups in total. The zero-order chi connectivity index (χ0) is 24.8. The molecule has 1 aromatic rings. The minimum atomic E-state index is -4.21. The Kier molecular flexibility index (Phi) is 9.11. The first kappa shape index (κ1) is 26.8. The van der Waals surface area contributed by atoms with Gasteiger partial charge < -0.3 is 19.0 Å². The van der Waals surface area contributed by atoms with Crippen molar-refractivity contribution < 1.29 is 54.4 Å². The van der Waals surface area contributed by atoms with Crippen LogP contribution >= 0.6 is 0 Å². The number of nitrogens with two attached hydrogens (primary N) is 1. The smallest absolute Gasteiger partial charge is 0.455 e. The third-order valence-corrected chi connectivity index (χ3v) is 6.50. The highest BCUT2D eigenvalue weighted by Crippen LogP contribution is 2.31. The van der Waals surface area contributed by atoms with Crippen LogP contribution in [0.5, 0.6) is 0 Å². The van der Waals surface area contributed by atoms with E-state index < -0.39 is 74.1 Å². The van der Waals surface area contributed by atoms with Crippen LogP contribution in [-0.4, -0.2) is 39.3 Å². The molecule has 1 rings (SSSR count). The zero-order valence-electron chi connectivity index (χ0n) is 17.1. The number of carbonyl (C=O) groups excluding carboxylic acids is 4. The summed E-state index contributed by atoms with van der Waals surface area (Å²) in [5.41, 5.74) is 3.48. The summed E-state index contributed by atoms with van der Waals surface area (Å²) in [6.45, 7) is 2.25. The highest BCUT2D eigenvalue weighted by Gasteiger charge is 2.51. The van der Waals surface area contributed by atoms with E-state index in [-0.39, 0.29) is 23.8 Å². The summed E-state index contributed by atoms with van der Waals surface area (Å²) in [4.78, 5) is 45.9. The van der Waals surface area contributed by atoms with Crippen LogP contribution in [0.2, 0.25) is 6.04 Å². The van der Waals surface area contributed by atoms with Gasteiger partial charge in [-0.2, -0.15) is 0 Å². The maximum Gasteiger partial charge on any atom is 0.705 e. The molecule has 0 fully saturated rings. The van der Waals surface area contributed by atoms with Crippen molar-refractivity contribution in [3.05, 3.63) is 29.1 Å². The lowest BCUT2D eigenvalue weighted by atomic mass is 10.2. The lowest BCUT2D eigenvalue weighted by Crippen LogP contribution is -2.49. The summed E-state index contributed by atoms with van der Waals surface area (Å²) in [5, 5.41) is 0. The number of unbranched alkanes of at least 4 members (excludes halogenated alkanes) is 1. The van der Waals surface area contributed by atoms with Gasteiger partial charge in [0.15, 0.2) is 23.3 Å². The van der Waals surface area contributed by atoms with Crippen LogP contribution in [0.1, 0.15) is 33.6 Å². The van der Waals surface area contributed by atoms with Gasteiger partial charge in [-0.05, 0) is 12.8 Å². The third-order valence-electron chi connectivity index (χ3n) is 3.73. The molecular weight excluding hydrogens is 467 g/mol. The topological polar surface area (TPSA) is 125 Å². The number of carbonyl (C=O) groups is 4. The Hall–Kier alpha value is -3.23. The van der Waals surface area contributed by atoms with E-state index in [0.717, 1.165) is 20.8 Å². The first-order valence-corrected chi connectivity index (χ1v) is 10.8. The molecule has 9 nitrogen and oxygen atoms in total. The van der Waals surface area contributed by atoms with Crippen molar-refractivity contribution >= 4 is 38.4 Å². The molecule has 0 aromatic heterocycles. The Labute approximate surface area is 179 Å². The standard InChI is InChI=1S/C17H19F5N2O7Si/c1-8(25)29-32(30-9(2)26,31-10(3)27)7-5-4-6-24(17(23)28)16-14(21)12(19)11(18)13(20)15(16)22/h4-7H2,1-3H3,(H2,23,28). The third kappa shape index (κ3) is 6.63. The van der Waals surface area contributed by atoms with Gasteiger partial charge in [-0.3, -0.25) is 19.3 Å². The monoisotopic (exact) mass is 486 g/mol. The van der Waals surface area contributed by atoms with E-state index in [9.17, 15) is 41.1 Å². The van der Waals surface area contributed by atoms with E-state index >= 15 is 0 Å². The second kappa shape index (κ2) is 10.9. The summed E-state index contributed by atoms with van der Waals surface area (Å²) in [6, 6.07) is -1.87. The lowest BCUT2D eigenvalue weighted by Gasteiger charge is -2.27. The Balaban J connectivity index is 3.10. The number of anilines is 1. The highest BCUT2D eigenvalue weighted by atomic mass is 28.4. The number of hydrogen-bond donors (Lipinski definition) is 1. The molecule has 0 spiro atoms. The van der Waals surface area contributed by atoms with E-state index in [2.05, 4.69) is 0 Å². The van der Waals surface area contributed by atoms with Gasteiger partial charge in [0.05, 0.1) is 6.04 Å². The van der Waals surface area contributed by atoms with Crippen molar-refractivity contribution in [2.75, 3.05) is 11.4 Å². The molecule has 0 unspecified atom stereocenters. The predicted molar refractivity (Wildman–Crippen MR) is 98.3 cm³/mol. The summed E-state index contributed by atoms with van der Waals surface area (Å²) >= 11 is 0. The van der Waals surface area contributed by atoms with Crippen LogP contribution in [0.15, 0.2) is 0 Å². The molecular formula is C17H19F5N2O7Si. The molecule has 0 heterocycles. The number of amides is 2. The number of benzene rings is 1. The first-order chi connectivity index (χ1) is 14.7. The Bertz CT molecular complexity index is 861. The predicted octanol–water partition coefficient (Wildman–Crippen LogP) is 2.68. The lowest BCUT2D eigenvalue weighted by molar-refractivity contribution is -0.147. The summed E-state index contributed by atoms with van der Waals surface area (Å²) in [7, 11) is -4.21. The quantitative estimate of drug-likeness (QED) is 0.187. The van der Waals surface area contributed by atoms with Crippen LogP contribution in [0.3, 0.4) is 0 Å². The van der Waals surface area contributed by atoms with Crippen molar-refractivity contribution in [2.24, 2.45) is 5.73 Å². The molecule has 32 heavy (non-hydrogen) atoms. The molecule has 178 valence electrons. The number of nitrogens with zero attached hydrogens (tertiary/aromatic N) is 1. The van der Waals surface area contributed by atoms with E-state index in [1.165, 1.54) is 0 Å². The van der Waals surface area contributed by atoms with Crippen LogP contribution < -0.4 is 10.6 Å². The van der Waals surface area contributed by atoms with E-state index in [1.807, 2.05) is 0 Å². The van der Waals surface area contributed by atoms with Crippen LogP contribution in [0, 0.1) is 29.1 Å². The Morgan fingerprint density at radius 1 is 0.750 bits per heavy atom. The molecule has 2 amide bonds. The first-order valence-electron chi connectivity index (χ1n) is 8.89. The van der Waals surface area contributed by atoms with Crippen molar-refractivity contribution in [2.45, 2.75) is 39.7 Å². The number of primary amides is 1. The molecule has 15 heteroatoms. The fourth-order valence-electron chi connectivity index (χ4n) is 2.65. The molecule has 0 bridgehead atoms. The number of hydrogen-bond acceptors (Lipinski definition) is 7. The van der Waals surface area contributed by atoms with Gasteiger partial charge in [0.25, 0.3) is 17.9 Å². The molecule has 0 saturated heterocycles. The fraction of sp³-hybridized carbons (Fsp3) is 0.412. The second-order valence-corrected chi connectivity index (χ2v) is 8.81. The maximum atomic E-state index is 14.0. The van der Waals surface area contributed by atoms with Gasteiger partial charge in [0, 0.05) is 27.3 Å². The Morgan fingerprint density at radius 2 is 1.12 bits per heavy atom. The summed E-state index contributed by atoms with van der Waals surface area (Å²) in [5.74, 6) is -14.3. The molecule has 0 aliphatic carbocycles. The molecule has 0 saturated carbocycles. The van der Waals surface area contributed by atoms with Gasteiger partial charge in [0.1, 0.15) is 5.69 Å². The van der Waals surface area contributed by atoms with Crippen LogP contribution in [0.25, 0.3) is 0 Å². The molecule has 0 atom stereocenters. The van der Waals surface area contributed by atoms with Crippen LogP contribution in [-0.2, 0) is 27.7 Å². The molecule has 0 aliphatic rings. The Morgan fingerprint density at radius 3 is 1.47 bits per heavy atom. The largest absolute Gasteiger partial charge is 0.705 e. The second-order valence-electron chi connectivity index (χ2n) is 6.33. The SMILES string of the molecule is CC(=O)O[Si](CCCCN(C(N)=O)c1c(F)c(F)c(F)c(F)c1F)(OC(C)=O)OC(C)=O. The fourth-order valence-corrected chi connectivity index (χ4v) is 5.07. The molecule has 0 radical (unpaired) electrons. The van der Waals surface area contributed by atoms with Gasteiger partial charge in [0.2, 0.25) is 5.82 Å². The van der Waals surface area contributed by atoms with Crippen molar-refractivity contribution in [1.82, 2.24) is 0 Å². The highest BCUT2D eigenvalue weighted by molar-refractivity contribution is 6.65. The maximum absolute atomic E-state index is 14.0. The summed E-state index contributed by atoms with van der Waals surface area (Å²) < 4.78 is 82.9. The van der Waals surface area contributed by atoms with Crippen molar-refractivity contribution in [3.8, 4) is 0 Å². The normalized spacial score (nSPS) is 11.0. The number of urea groups is 1. The minimum Gasteiger partial charge on any atom is -0.455 e. The van der Waals surface area contributed by atoms with Gasteiger partial charge in [-0.25, -0.2) is 26.7 Å². The molecule has 1 aromatic carbocycles. The van der Waals surface area contributed by atoms with E-state index in [4.69, 9.17) is 19.0 Å². The average Bonchev–Trinajstić information content (AvgIpc) is 2.64. The van der Waals surface area contributed by atoms with Gasteiger partial charge >= 0.3 is 14.8 Å². The average molecular weight is 486 g/mol. The zero-order valence-corrected chi connectivity index (χ0v) is 18.1. The van der Waals surface area contributed by atoms with E-state index in [1.54, 1.807) is 0 Å². The number of rotatable bonds is 9. The number of halogens is 5.